The van der Waals surface area contributed by atoms with Crippen molar-refractivity contribution in [2.45, 2.75) is 38.3 Å². The topological polar surface area (TPSA) is 61.5 Å². The molecule has 0 amide bonds. The zero-order valence-corrected chi connectivity index (χ0v) is 10.9. The number of nitrogens with one attached hydrogen (secondary N) is 1. The van der Waals surface area contributed by atoms with Crippen LogP contribution in [0.15, 0.2) is 0 Å². The Bertz CT molecular complexity index is 231. The summed E-state index contributed by atoms with van der Waals surface area (Å²) < 4.78 is 0. The molecule has 1 aliphatic carbocycles. The molecule has 0 aromatic rings. The maximum atomic E-state index is 9.78. The van der Waals surface area contributed by atoms with Gasteiger partial charge in [0.05, 0.1) is 6.10 Å². The lowest BCUT2D eigenvalue weighted by molar-refractivity contribution is 0.0492. The standard InChI is InChI=1S/C13H27N3O/c1-10(17)12-6-13(15-7-11-2-3-11)9-16(8-12)5-4-14/h10-13,15,17H,2-9,14H2,1H3. The van der Waals surface area contributed by atoms with E-state index >= 15 is 0 Å². The molecule has 2 rings (SSSR count). The highest BCUT2D eigenvalue weighted by atomic mass is 16.3. The van der Waals surface area contributed by atoms with Gasteiger partial charge in [-0.05, 0) is 44.6 Å². The molecule has 17 heavy (non-hydrogen) atoms. The van der Waals surface area contributed by atoms with E-state index in [0.717, 1.165) is 38.5 Å². The Morgan fingerprint density at radius 1 is 1.41 bits per heavy atom. The van der Waals surface area contributed by atoms with E-state index in [1.54, 1.807) is 0 Å². The quantitative estimate of drug-likeness (QED) is 0.613. The van der Waals surface area contributed by atoms with Crippen molar-refractivity contribution in [3.8, 4) is 0 Å². The van der Waals surface area contributed by atoms with Crippen molar-refractivity contribution in [3.05, 3.63) is 0 Å². The third-order valence-corrected chi connectivity index (χ3v) is 4.08. The zero-order valence-electron chi connectivity index (χ0n) is 10.9. The Balaban J connectivity index is 1.81. The fourth-order valence-corrected chi connectivity index (χ4v) is 2.75. The van der Waals surface area contributed by atoms with Crippen LogP contribution < -0.4 is 11.1 Å². The second-order valence-electron chi connectivity index (χ2n) is 5.83. The minimum atomic E-state index is -0.208. The lowest BCUT2D eigenvalue weighted by atomic mass is 9.90. The first-order valence-electron chi connectivity index (χ1n) is 7.03. The summed E-state index contributed by atoms with van der Waals surface area (Å²) in [5.41, 5.74) is 5.63. The van der Waals surface area contributed by atoms with Gasteiger partial charge in [0, 0.05) is 32.2 Å². The predicted molar refractivity (Wildman–Crippen MR) is 69.8 cm³/mol. The van der Waals surface area contributed by atoms with E-state index in [9.17, 15) is 5.11 Å². The molecule has 4 N–H and O–H groups in total. The SMILES string of the molecule is CC(O)C1CC(NCC2CC2)CN(CCN)C1. The summed E-state index contributed by atoms with van der Waals surface area (Å²) in [7, 11) is 0. The molecule has 0 spiro atoms. The van der Waals surface area contributed by atoms with Gasteiger partial charge >= 0.3 is 0 Å². The van der Waals surface area contributed by atoms with Crippen molar-refractivity contribution in [3.63, 3.8) is 0 Å². The number of hydrogen-bond donors (Lipinski definition) is 3. The number of rotatable bonds is 6. The molecule has 1 aliphatic heterocycles. The smallest absolute Gasteiger partial charge is 0.0553 e. The van der Waals surface area contributed by atoms with Crippen molar-refractivity contribution >= 4 is 0 Å². The van der Waals surface area contributed by atoms with Crippen molar-refractivity contribution in [2.75, 3.05) is 32.7 Å². The highest BCUT2D eigenvalue weighted by Gasteiger charge is 2.30. The predicted octanol–water partition coefficient (Wildman–Crippen LogP) is 0.0160. The van der Waals surface area contributed by atoms with E-state index in [2.05, 4.69) is 10.2 Å². The maximum absolute atomic E-state index is 9.78. The van der Waals surface area contributed by atoms with Crippen LogP contribution in [-0.2, 0) is 0 Å². The third kappa shape index (κ3) is 4.21. The van der Waals surface area contributed by atoms with Crippen LogP contribution in [0.3, 0.4) is 0 Å². The highest BCUT2D eigenvalue weighted by Crippen LogP contribution is 2.28. The molecule has 3 atom stereocenters. The summed E-state index contributed by atoms with van der Waals surface area (Å²) in [4.78, 5) is 2.39. The molecule has 100 valence electrons. The van der Waals surface area contributed by atoms with Crippen LogP contribution in [0, 0.1) is 11.8 Å². The molecule has 0 aromatic carbocycles. The van der Waals surface area contributed by atoms with Gasteiger partial charge in [-0.25, -0.2) is 0 Å². The van der Waals surface area contributed by atoms with Gasteiger partial charge in [0.1, 0.15) is 0 Å². The number of aliphatic hydroxyl groups is 1. The Labute approximate surface area is 105 Å². The van der Waals surface area contributed by atoms with Crippen molar-refractivity contribution in [1.29, 1.82) is 0 Å². The second kappa shape index (κ2) is 6.14. The van der Waals surface area contributed by atoms with Crippen LogP contribution in [0.4, 0.5) is 0 Å². The zero-order chi connectivity index (χ0) is 12.3. The minimum Gasteiger partial charge on any atom is -0.393 e. The van der Waals surface area contributed by atoms with Crippen molar-refractivity contribution in [2.24, 2.45) is 17.6 Å². The molecule has 2 aliphatic rings. The number of piperidine rings is 1. The number of nitrogens with zero attached hydrogens (tertiary/aromatic N) is 1. The molecular weight excluding hydrogens is 214 g/mol. The highest BCUT2D eigenvalue weighted by molar-refractivity contribution is 4.87. The summed E-state index contributed by atoms with van der Waals surface area (Å²) in [5, 5.41) is 13.4. The number of aliphatic hydroxyl groups excluding tert-OH is 1. The van der Waals surface area contributed by atoms with Crippen molar-refractivity contribution in [1.82, 2.24) is 10.2 Å². The van der Waals surface area contributed by atoms with E-state index in [-0.39, 0.29) is 6.10 Å². The minimum absolute atomic E-state index is 0.208. The average Bonchev–Trinajstić information content (AvgIpc) is 3.10. The molecule has 2 fully saturated rings. The number of hydrogen-bond acceptors (Lipinski definition) is 4. The van der Waals surface area contributed by atoms with Crippen LogP contribution in [0.5, 0.6) is 0 Å². The summed E-state index contributed by atoms with van der Waals surface area (Å²) in [6.45, 7) is 6.82. The van der Waals surface area contributed by atoms with E-state index < -0.39 is 0 Å². The molecule has 4 heteroatoms. The largest absolute Gasteiger partial charge is 0.393 e. The lowest BCUT2D eigenvalue weighted by Crippen LogP contribution is -2.52. The first-order chi connectivity index (χ1) is 8.19. The van der Waals surface area contributed by atoms with Gasteiger partial charge in [-0.2, -0.15) is 0 Å². The van der Waals surface area contributed by atoms with Gasteiger partial charge < -0.3 is 21.1 Å². The second-order valence-corrected chi connectivity index (χ2v) is 5.83. The lowest BCUT2D eigenvalue weighted by Gasteiger charge is -2.39. The first-order valence-corrected chi connectivity index (χ1v) is 7.03. The molecule has 3 unspecified atom stereocenters. The van der Waals surface area contributed by atoms with Crippen molar-refractivity contribution < 1.29 is 5.11 Å². The molecule has 0 aromatic heterocycles. The summed E-state index contributed by atoms with van der Waals surface area (Å²) >= 11 is 0. The molecule has 0 radical (unpaired) electrons. The third-order valence-electron chi connectivity index (χ3n) is 4.08. The van der Waals surface area contributed by atoms with Crippen LogP contribution in [0.25, 0.3) is 0 Å². The summed E-state index contributed by atoms with van der Waals surface area (Å²) in [6, 6.07) is 0.538. The summed E-state index contributed by atoms with van der Waals surface area (Å²) in [5.74, 6) is 1.32. The molecular formula is C13H27N3O. The van der Waals surface area contributed by atoms with Crippen LogP contribution in [0.1, 0.15) is 26.2 Å². The van der Waals surface area contributed by atoms with Crippen LogP contribution in [-0.4, -0.2) is 54.9 Å². The fourth-order valence-electron chi connectivity index (χ4n) is 2.75. The molecule has 1 saturated carbocycles. The maximum Gasteiger partial charge on any atom is 0.0553 e. The van der Waals surface area contributed by atoms with Gasteiger partial charge in [0.25, 0.3) is 0 Å². The van der Waals surface area contributed by atoms with E-state index in [0.29, 0.717) is 18.5 Å². The average molecular weight is 241 g/mol. The fraction of sp³-hybridized carbons (Fsp3) is 1.00. The van der Waals surface area contributed by atoms with Crippen LogP contribution >= 0.6 is 0 Å². The monoisotopic (exact) mass is 241 g/mol. The van der Waals surface area contributed by atoms with Gasteiger partial charge in [0.2, 0.25) is 0 Å². The van der Waals surface area contributed by atoms with Gasteiger partial charge in [0.15, 0.2) is 0 Å². The normalized spacial score (nSPS) is 32.6. The molecule has 1 heterocycles. The molecule has 1 saturated heterocycles. The Morgan fingerprint density at radius 2 is 2.18 bits per heavy atom. The Hall–Kier alpha value is -0.160. The van der Waals surface area contributed by atoms with E-state index in [4.69, 9.17) is 5.73 Å². The van der Waals surface area contributed by atoms with E-state index in [1.807, 2.05) is 6.92 Å². The van der Waals surface area contributed by atoms with Gasteiger partial charge in [-0.15, -0.1) is 0 Å². The summed E-state index contributed by atoms with van der Waals surface area (Å²) in [6.07, 6.45) is 3.68. The number of nitrogens with two attached hydrogens (primary N) is 1. The van der Waals surface area contributed by atoms with Gasteiger partial charge in [-0.3, -0.25) is 0 Å². The van der Waals surface area contributed by atoms with Crippen LogP contribution in [0.2, 0.25) is 0 Å². The first kappa shape index (κ1) is 13.3. The van der Waals surface area contributed by atoms with Gasteiger partial charge in [-0.1, -0.05) is 0 Å². The Morgan fingerprint density at radius 3 is 2.76 bits per heavy atom. The number of likely N-dealkylation sites (tertiary alicyclic amines) is 1. The molecule has 0 bridgehead atoms. The Kier molecular flexibility index (Phi) is 4.79. The molecule has 4 nitrogen and oxygen atoms in total. The van der Waals surface area contributed by atoms with E-state index in [1.165, 1.54) is 12.8 Å².